The summed E-state index contributed by atoms with van der Waals surface area (Å²) < 4.78 is 0. The van der Waals surface area contributed by atoms with Crippen molar-refractivity contribution in [3.63, 3.8) is 0 Å². The summed E-state index contributed by atoms with van der Waals surface area (Å²) in [6.07, 6.45) is 0.485. The SMILES string of the molecule is CN(Cc1cccc(-c2ccc(Cc3sc(=O)[nH]c3O)cc2)c1)C(=O)c1ccc(-c2ccc(O)cc2)cc1. The molecular formula is C31H26N2O4S. The van der Waals surface area contributed by atoms with E-state index in [1.165, 1.54) is 0 Å². The summed E-state index contributed by atoms with van der Waals surface area (Å²) in [6, 6.07) is 30.6. The van der Waals surface area contributed by atoms with Crippen LogP contribution in [0.1, 0.15) is 26.4 Å². The van der Waals surface area contributed by atoms with Gasteiger partial charge in [-0.1, -0.05) is 78.1 Å². The summed E-state index contributed by atoms with van der Waals surface area (Å²) in [5.41, 5.74) is 6.66. The van der Waals surface area contributed by atoms with E-state index in [9.17, 15) is 19.8 Å². The van der Waals surface area contributed by atoms with Crippen LogP contribution in [0.2, 0.25) is 0 Å². The Morgan fingerprint density at radius 3 is 2.03 bits per heavy atom. The Labute approximate surface area is 224 Å². The topological polar surface area (TPSA) is 93.6 Å². The second-order valence-electron chi connectivity index (χ2n) is 9.15. The molecule has 0 spiro atoms. The van der Waals surface area contributed by atoms with Gasteiger partial charge < -0.3 is 15.1 Å². The van der Waals surface area contributed by atoms with Gasteiger partial charge >= 0.3 is 4.87 Å². The van der Waals surface area contributed by atoms with Gasteiger partial charge in [-0.2, -0.15) is 0 Å². The smallest absolute Gasteiger partial charge is 0.307 e. The summed E-state index contributed by atoms with van der Waals surface area (Å²) in [5, 5.41) is 19.3. The number of phenols is 1. The lowest BCUT2D eigenvalue weighted by Crippen LogP contribution is -2.26. The molecule has 1 aromatic heterocycles. The third kappa shape index (κ3) is 5.68. The second kappa shape index (κ2) is 10.8. The third-order valence-electron chi connectivity index (χ3n) is 6.38. The number of amides is 1. The van der Waals surface area contributed by atoms with Crippen LogP contribution in [0.25, 0.3) is 22.3 Å². The van der Waals surface area contributed by atoms with E-state index < -0.39 is 0 Å². The molecule has 5 rings (SSSR count). The first-order valence-corrected chi connectivity index (χ1v) is 12.9. The summed E-state index contributed by atoms with van der Waals surface area (Å²) in [5.74, 6) is 0.0911. The second-order valence-corrected chi connectivity index (χ2v) is 10.2. The lowest BCUT2D eigenvalue weighted by atomic mass is 10.0. The largest absolute Gasteiger partial charge is 0.508 e. The Hall–Kier alpha value is -4.62. The molecule has 7 heteroatoms. The average molecular weight is 523 g/mol. The molecule has 3 N–H and O–H groups in total. The highest BCUT2D eigenvalue weighted by Gasteiger charge is 2.13. The van der Waals surface area contributed by atoms with Crippen molar-refractivity contribution in [2.75, 3.05) is 7.05 Å². The van der Waals surface area contributed by atoms with Crippen LogP contribution < -0.4 is 4.87 Å². The number of phenolic OH excluding ortho intramolecular Hbond substituents is 1. The fourth-order valence-corrected chi connectivity index (χ4v) is 5.10. The van der Waals surface area contributed by atoms with Crippen molar-refractivity contribution in [2.24, 2.45) is 0 Å². The van der Waals surface area contributed by atoms with Crippen molar-refractivity contribution in [3.8, 4) is 33.9 Å². The maximum atomic E-state index is 13.1. The predicted octanol–water partition coefficient (Wildman–Crippen LogP) is 6.04. The molecule has 1 amide bonds. The van der Waals surface area contributed by atoms with Gasteiger partial charge in [-0.3, -0.25) is 14.6 Å². The van der Waals surface area contributed by atoms with Gasteiger partial charge in [0.15, 0.2) is 0 Å². The molecule has 0 atom stereocenters. The normalized spacial score (nSPS) is 10.9. The molecule has 0 bridgehead atoms. The van der Waals surface area contributed by atoms with Gasteiger partial charge in [0.05, 0.1) is 4.88 Å². The highest BCUT2D eigenvalue weighted by molar-refractivity contribution is 7.09. The van der Waals surface area contributed by atoms with Crippen LogP contribution in [-0.2, 0) is 13.0 Å². The summed E-state index contributed by atoms with van der Waals surface area (Å²) in [6.45, 7) is 0.468. The Morgan fingerprint density at radius 2 is 1.39 bits per heavy atom. The van der Waals surface area contributed by atoms with Crippen LogP contribution in [0, 0.1) is 0 Å². The minimum absolute atomic E-state index is 0.0627. The van der Waals surface area contributed by atoms with E-state index in [1.54, 1.807) is 24.1 Å². The number of thiazole rings is 1. The molecule has 0 aliphatic rings. The highest BCUT2D eigenvalue weighted by Crippen LogP contribution is 2.26. The van der Waals surface area contributed by atoms with Crippen molar-refractivity contribution in [1.29, 1.82) is 0 Å². The number of carbonyl (C=O) groups excluding carboxylic acids is 1. The van der Waals surface area contributed by atoms with Gasteiger partial charge in [-0.05, 0) is 63.7 Å². The Bertz CT molecular complexity index is 1620. The minimum atomic E-state index is -0.263. The number of hydrogen-bond acceptors (Lipinski definition) is 5. The van der Waals surface area contributed by atoms with Gasteiger partial charge in [0, 0.05) is 25.6 Å². The molecule has 0 aliphatic carbocycles. The van der Waals surface area contributed by atoms with Gasteiger partial charge in [-0.15, -0.1) is 0 Å². The van der Waals surface area contributed by atoms with Crippen LogP contribution >= 0.6 is 11.3 Å². The van der Waals surface area contributed by atoms with Gasteiger partial charge in [0.2, 0.25) is 5.88 Å². The van der Waals surface area contributed by atoms with Crippen molar-refractivity contribution >= 4 is 17.2 Å². The third-order valence-corrected chi connectivity index (χ3v) is 7.25. The molecule has 6 nitrogen and oxygen atoms in total. The molecule has 1 heterocycles. The molecule has 0 saturated carbocycles. The van der Waals surface area contributed by atoms with Crippen LogP contribution in [0.4, 0.5) is 0 Å². The van der Waals surface area contributed by atoms with Crippen LogP contribution in [0.5, 0.6) is 11.6 Å². The van der Waals surface area contributed by atoms with Crippen molar-refractivity contribution < 1.29 is 15.0 Å². The van der Waals surface area contributed by atoms with Gasteiger partial charge in [0.25, 0.3) is 5.91 Å². The van der Waals surface area contributed by atoms with Gasteiger partial charge in [0.1, 0.15) is 5.75 Å². The predicted molar refractivity (Wildman–Crippen MR) is 151 cm³/mol. The zero-order chi connectivity index (χ0) is 26.6. The molecule has 5 aromatic rings. The number of benzene rings is 4. The van der Waals surface area contributed by atoms with E-state index in [4.69, 9.17) is 0 Å². The Balaban J connectivity index is 1.25. The molecule has 190 valence electrons. The molecule has 0 fully saturated rings. The minimum Gasteiger partial charge on any atom is -0.508 e. The quantitative estimate of drug-likeness (QED) is 0.243. The summed E-state index contributed by atoms with van der Waals surface area (Å²) in [7, 11) is 1.79. The molecule has 0 radical (unpaired) electrons. The fourth-order valence-electron chi connectivity index (χ4n) is 4.35. The molecular weight excluding hydrogens is 496 g/mol. The molecule has 38 heavy (non-hydrogen) atoms. The van der Waals surface area contributed by atoms with Gasteiger partial charge in [-0.25, -0.2) is 0 Å². The average Bonchev–Trinajstić information content (AvgIpc) is 3.25. The first-order chi connectivity index (χ1) is 18.4. The Kier molecular flexibility index (Phi) is 7.11. The maximum absolute atomic E-state index is 13.1. The number of rotatable bonds is 7. The number of hydrogen-bond donors (Lipinski definition) is 3. The Morgan fingerprint density at radius 1 is 0.789 bits per heavy atom. The van der Waals surface area contributed by atoms with Crippen molar-refractivity contribution in [1.82, 2.24) is 9.88 Å². The summed E-state index contributed by atoms with van der Waals surface area (Å²) in [4.78, 5) is 28.9. The lowest BCUT2D eigenvalue weighted by molar-refractivity contribution is 0.0785. The standard InChI is InChI=1S/C31H26N2O4S/c1-33(30(36)25-11-9-22(10-12-25)23-13-15-27(34)16-14-23)19-21-3-2-4-26(17-21)24-7-5-20(6-8-24)18-28-29(35)32-31(37)38-28/h2-17,34-35H,18-19H2,1H3,(H,32,37). The fraction of sp³-hybridized carbons (Fsp3) is 0.0968. The van der Waals surface area contributed by atoms with Crippen molar-refractivity contribution in [3.05, 3.63) is 128 Å². The number of aromatic nitrogens is 1. The summed E-state index contributed by atoms with van der Waals surface area (Å²) >= 11 is 1.02. The van der Waals surface area contributed by atoms with E-state index in [-0.39, 0.29) is 22.4 Å². The molecule has 0 unspecified atom stereocenters. The highest BCUT2D eigenvalue weighted by atomic mass is 32.1. The van der Waals surface area contributed by atoms with E-state index >= 15 is 0 Å². The number of H-pyrrole nitrogens is 1. The number of nitrogens with one attached hydrogen (secondary N) is 1. The first kappa shape index (κ1) is 25.0. The van der Waals surface area contributed by atoms with Crippen LogP contribution in [-0.4, -0.2) is 33.1 Å². The number of aromatic amines is 1. The molecule has 0 aliphatic heterocycles. The zero-order valence-corrected chi connectivity index (χ0v) is 21.5. The number of aromatic hydroxyl groups is 2. The lowest BCUT2D eigenvalue weighted by Gasteiger charge is -2.18. The van der Waals surface area contributed by atoms with Crippen molar-refractivity contribution in [2.45, 2.75) is 13.0 Å². The van der Waals surface area contributed by atoms with Crippen LogP contribution in [0.3, 0.4) is 0 Å². The van der Waals surface area contributed by atoms with E-state index in [1.807, 2.05) is 78.9 Å². The van der Waals surface area contributed by atoms with E-state index in [0.717, 1.165) is 44.7 Å². The molecule has 4 aromatic carbocycles. The van der Waals surface area contributed by atoms with Crippen LogP contribution in [0.15, 0.2) is 102 Å². The first-order valence-electron chi connectivity index (χ1n) is 12.1. The monoisotopic (exact) mass is 522 g/mol. The van der Waals surface area contributed by atoms with E-state index in [2.05, 4.69) is 11.1 Å². The molecule has 0 saturated heterocycles. The zero-order valence-electron chi connectivity index (χ0n) is 20.7. The number of nitrogens with zero attached hydrogens (tertiary/aromatic N) is 1. The maximum Gasteiger partial charge on any atom is 0.307 e. The number of carbonyl (C=O) groups is 1. The van der Waals surface area contributed by atoms with E-state index in [0.29, 0.717) is 23.4 Å².